The summed E-state index contributed by atoms with van der Waals surface area (Å²) in [5.41, 5.74) is -0.351. The summed E-state index contributed by atoms with van der Waals surface area (Å²) in [6, 6.07) is 0.945. The molecule has 4 heterocycles. The van der Waals surface area contributed by atoms with Crippen molar-refractivity contribution in [3.63, 3.8) is 0 Å². The number of benzene rings is 1. The molecule has 2 aromatic rings. The molecule has 1 aromatic carbocycles. The molecule has 3 aliphatic heterocycles. The molecular formula is C20H21FN2O6. The van der Waals surface area contributed by atoms with Crippen molar-refractivity contribution in [2.45, 2.75) is 31.6 Å². The molecule has 0 amide bonds. The Morgan fingerprint density at radius 3 is 2.62 bits per heavy atom. The van der Waals surface area contributed by atoms with E-state index >= 15 is 4.39 Å². The lowest BCUT2D eigenvalue weighted by molar-refractivity contribution is -0.169. The Morgan fingerprint density at radius 2 is 1.97 bits per heavy atom. The molecule has 1 aromatic heterocycles. The number of rotatable bonds is 2. The van der Waals surface area contributed by atoms with Crippen LogP contribution in [0.3, 0.4) is 0 Å². The molecule has 5 rings (SSSR count). The van der Waals surface area contributed by atoms with E-state index in [-0.39, 0.29) is 29.3 Å². The molecule has 0 saturated carbocycles. The van der Waals surface area contributed by atoms with Crippen LogP contribution >= 0.6 is 0 Å². The van der Waals surface area contributed by atoms with Gasteiger partial charge in [-0.15, -0.1) is 0 Å². The number of piperidine rings is 1. The van der Waals surface area contributed by atoms with E-state index < -0.39 is 23.0 Å². The van der Waals surface area contributed by atoms with Crippen molar-refractivity contribution in [3.05, 3.63) is 33.9 Å². The van der Waals surface area contributed by atoms with Crippen LogP contribution in [0.15, 0.2) is 17.1 Å². The molecule has 154 valence electrons. The minimum Gasteiger partial charge on any atom is -0.487 e. The van der Waals surface area contributed by atoms with Gasteiger partial charge in [0.15, 0.2) is 17.4 Å². The van der Waals surface area contributed by atoms with E-state index in [2.05, 4.69) is 0 Å². The van der Waals surface area contributed by atoms with Crippen LogP contribution in [0.5, 0.6) is 5.75 Å². The number of hydrogen-bond acceptors (Lipinski definition) is 6. The summed E-state index contributed by atoms with van der Waals surface area (Å²) < 4.78 is 34.3. The maximum absolute atomic E-state index is 15.2. The quantitative estimate of drug-likeness (QED) is 0.820. The molecule has 9 heteroatoms. The van der Waals surface area contributed by atoms with Crippen molar-refractivity contribution >= 4 is 22.6 Å². The number of halogens is 1. The molecular weight excluding hydrogens is 383 g/mol. The van der Waals surface area contributed by atoms with Crippen LogP contribution in [0.4, 0.5) is 10.1 Å². The zero-order valence-electron chi connectivity index (χ0n) is 15.9. The first-order valence-corrected chi connectivity index (χ1v) is 9.70. The van der Waals surface area contributed by atoms with Crippen molar-refractivity contribution in [1.29, 1.82) is 0 Å². The van der Waals surface area contributed by atoms with E-state index in [0.29, 0.717) is 50.3 Å². The number of carboxylic acid groups (broad SMARTS) is 1. The highest BCUT2D eigenvalue weighted by Crippen LogP contribution is 2.44. The maximum atomic E-state index is 15.2. The highest BCUT2D eigenvalue weighted by atomic mass is 19.1. The third-order valence-corrected chi connectivity index (χ3v) is 6.03. The number of hydrogen-bond donors (Lipinski definition) is 1. The second-order valence-electron chi connectivity index (χ2n) is 7.77. The molecule has 29 heavy (non-hydrogen) atoms. The number of aromatic carboxylic acids is 1. The molecule has 0 bridgehead atoms. The first kappa shape index (κ1) is 18.4. The zero-order chi connectivity index (χ0) is 20.3. The van der Waals surface area contributed by atoms with Gasteiger partial charge in [-0.3, -0.25) is 4.79 Å². The minimum atomic E-state index is -1.33. The zero-order valence-corrected chi connectivity index (χ0v) is 15.9. The fraction of sp³-hybridized carbons (Fsp3) is 0.500. The molecule has 3 aliphatic rings. The number of carbonyl (C=O) groups is 1. The highest BCUT2D eigenvalue weighted by molar-refractivity contribution is 5.97. The van der Waals surface area contributed by atoms with Crippen LogP contribution in [-0.4, -0.2) is 54.3 Å². The molecule has 2 fully saturated rings. The van der Waals surface area contributed by atoms with Crippen LogP contribution in [0, 0.1) is 5.82 Å². The fourth-order valence-electron chi connectivity index (χ4n) is 4.52. The van der Waals surface area contributed by atoms with Gasteiger partial charge >= 0.3 is 5.97 Å². The monoisotopic (exact) mass is 404 g/mol. The average Bonchev–Trinajstić information content (AvgIpc) is 3.15. The summed E-state index contributed by atoms with van der Waals surface area (Å²) in [6.07, 6.45) is 2.53. The van der Waals surface area contributed by atoms with Gasteiger partial charge < -0.3 is 28.8 Å². The summed E-state index contributed by atoms with van der Waals surface area (Å²) in [7, 11) is 0. The highest BCUT2D eigenvalue weighted by Gasteiger charge is 2.41. The van der Waals surface area contributed by atoms with E-state index in [0.717, 1.165) is 6.07 Å². The SMILES string of the molecule is C[C@H]1COc2c(N3CCC4(CC3)OCCO4)c(F)cc3c(=O)c(C(=O)O)cn1c23. The summed E-state index contributed by atoms with van der Waals surface area (Å²) in [5.74, 6) is -2.23. The lowest BCUT2D eigenvalue weighted by Crippen LogP contribution is -2.45. The Labute approximate surface area is 165 Å². The van der Waals surface area contributed by atoms with E-state index in [1.54, 1.807) is 4.57 Å². The van der Waals surface area contributed by atoms with Gasteiger partial charge in [-0.25, -0.2) is 9.18 Å². The van der Waals surface area contributed by atoms with Crippen LogP contribution in [0.2, 0.25) is 0 Å². The van der Waals surface area contributed by atoms with Gasteiger partial charge in [0, 0.05) is 32.1 Å². The third kappa shape index (κ3) is 2.71. The van der Waals surface area contributed by atoms with Crippen molar-refractivity contribution in [3.8, 4) is 5.75 Å². The van der Waals surface area contributed by atoms with Gasteiger partial charge in [0.25, 0.3) is 0 Å². The predicted octanol–water partition coefficient (Wildman–Crippen LogP) is 2.14. The number of pyridine rings is 1. The van der Waals surface area contributed by atoms with Crippen LogP contribution in [0.1, 0.15) is 36.2 Å². The van der Waals surface area contributed by atoms with Gasteiger partial charge in [-0.2, -0.15) is 0 Å². The first-order chi connectivity index (χ1) is 13.9. The Balaban J connectivity index is 1.65. The van der Waals surface area contributed by atoms with Gasteiger partial charge in [0.1, 0.15) is 17.9 Å². The van der Waals surface area contributed by atoms with E-state index in [1.807, 2.05) is 11.8 Å². The summed E-state index contributed by atoms with van der Waals surface area (Å²) in [6.45, 7) is 4.28. The number of carboxylic acids is 1. The molecule has 0 radical (unpaired) electrons. The normalized spacial score (nSPS) is 22.8. The molecule has 0 unspecified atom stereocenters. The molecule has 2 saturated heterocycles. The molecule has 1 spiro atoms. The molecule has 1 N–H and O–H groups in total. The van der Waals surface area contributed by atoms with Crippen LogP contribution in [-0.2, 0) is 9.47 Å². The summed E-state index contributed by atoms with van der Waals surface area (Å²) in [5, 5.41) is 9.39. The third-order valence-electron chi connectivity index (χ3n) is 6.03. The topological polar surface area (TPSA) is 90.2 Å². The molecule has 1 atom stereocenters. The molecule has 8 nitrogen and oxygen atoms in total. The van der Waals surface area contributed by atoms with Crippen molar-refractivity contribution in [2.75, 3.05) is 37.8 Å². The second-order valence-corrected chi connectivity index (χ2v) is 7.77. The Bertz CT molecular complexity index is 1070. The van der Waals surface area contributed by atoms with Crippen molar-refractivity contribution in [2.24, 2.45) is 0 Å². The average molecular weight is 404 g/mol. The van der Waals surface area contributed by atoms with Gasteiger partial charge in [0.2, 0.25) is 5.43 Å². The fourth-order valence-corrected chi connectivity index (χ4v) is 4.52. The molecule has 0 aliphatic carbocycles. The number of aromatic nitrogens is 1. The first-order valence-electron chi connectivity index (χ1n) is 9.70. The van der Waals surface area contributed by atoms with Gasteiger partial charge in [0.05, 0.1) is 30.2 Å². The number of ether oxygens (including phenoxy) is 3. The Kier molecular flexibility index (Phi) is 4.08. The summed E-state index contributed by atoms with van der Waals surface area (Å²) >= 11 is 0. The summed E-state index contributed by atoms with van der Waals surface area (Å²) in [4.78, 5) is 26.0. The Hall–Kier alpha value is -2.65. The Morgan fingerprint density at radius 1 is 1.28 bits per heavy atom. The largest absolute Gasteiger partial charge is 0.487 e. The van der Waals surface area contributed by atoms with Gasteiger partial charge in [-0.1, -0.05) is 0 Å². The number of anilines is 1. The van der Waals surface area contributed by atoms with E-state index in [4.69, 9.17) is 14.2 Å². The van der Waals surface area contributed by atoms with E-state index in [9.17, 15) is 14.7 Å². The second kappa shape index (κ2) is 6.43. The van der Waals surface area contributed by atoms with Crippen LogP contribution in [0.25, 0.3) is 10.9 Å². The van der Waals surface area contributed by atoms with E-state index in [1.165, 1.54) is 6.20 Å². The number of nitrogens with zero attached hydrogens (tertiary/aromatic N) is 2. The predicted molar refractivity (Wildman–Crippen MR) is 101 cm³/mol. The van der Waals surface area contributed by atoms with Crippen molar-refractivity contribution < 1.29 is 28.5 Å². The smallest absolute Gasteiger partial charge is 0.341 e. The van der Waals surface area contributed by atoms with Gasteiger partial charge in [-0.05, 0) is 13.0 Å². The maximum Gasteiger partial charge on any atom is 0.341 e. The standard InChI is InChI=1S/C20H21FN2O6/c1-11-10-27-18-15-12(17(24)13(19(25)26)9-23(11)15)8-14(21)16(18)22-4-2-20(3-5-22)28-6-7-29-20/h8-9,11H,2-7,10H2,1H3,(H,25,26)/t11-/m0/s1. The minimum absolute atomic E-state index is 0.0173. The lowest BCUT2D eigenvalue weighted by atomic mass is 10.0. The van der Waals surface area contributed by atoms with Crippen molar-refractivity contribution in [1.82, 2.24) is 4.57 Å². The lowest BCUT2D eigenvalue weighted by Gasteiger charge is -2.40. The van der Waals surface area contributed by atoms with Crippen LogP contribution < -0.4 is 15.1 Å².